The Morgan fingerprint density at radius 2 is 1.87 bits per heavy atom. The molecule has 0 aliphatic carbocycles. The molecule has 0 saturated carbocycles. The van der Waals surface area contributed by atoms with Crippen molar-refractivity contribution >= 4 is 24.0 Å². The zero-order valence-corrected chi connectivity index (χ0v) is 14.1. The van der Waals surface area contributed by atoms with E-state index >= 15 is 0 Å². The molecule has 2 aliphatic heterocycles. The molecule has 23 heavy (non-hydrogen) atoms. The summed E-state index contributed by atoms with van der Waals surface area (Å²) in [4.78, 5) is 25.3. The third kappa shape index (κ3) is 3.18. The Kier molecular flexibility index (Phi) is 5.26. The number of hydrogen-bond donors (Lipinski definition) is 1. The summed E-state index contributed by atoms with van der Waals surface area (Å²) in [5.41, 5.74) is 0.207. The van der Waals surface area contributed by atoms with Crippen LogP contribution in [0.15, 0.2) is 0 Å². The lowest BCUT2D eigenvalue weighted by atomic mass is 9.92. The molecule has 1 N–H and O–H groups in total. The van der Waals surface area contributed by atoms with E-state index in [1.165, 1.54) is 4.68 Å². The molecule has 0 bridgehead atoms. The molecule has 1 aromatic heterocycles. The number of rotatable bonds is 2. The van der Waals surface area contributed by atoms with Crippen LogP contribution in [-0.4, -0.2) is 51.7 Å². The van der Waals surface area contributed by atoms with E-state index in [1.807, 2.05) is 0 Å². The maximum absolute atomic E-state index is 12.8. The number of amides is 1. The zero-order chi connectivity index (χ0) is 15.9. The summed E-state index contributed by atoms with van der Waals surface area (Å²) in [6, 6.07) is 0. The number of likely N-dealkylation sites (tertiary alicyclic amines) is 1. The highest BCUT2D eigenvalue weighted by atomic mass is 35.5. The van der Waals surface area contributed by atoms with E-state index in [1.54, 1.807) is 18.9 Å². The summed E-state index contributed by atoms with van der Waals surface area (Å²) in [7, 11) is 1.59. The molecule has 0 unspecified atom stereocenters. The number of aryl methyl sites for hydroxylation is 2. The van der Waals surface area contributed by atoms with Gasteiger partial charge in [0.25, 0.3) is 5.91 Å². The molecule has 128 valence electrons. The smallest absolute Gasteiger partial charge is 0.322 e. The molecule has 2 saturated heterocycles. The predicted octanol–water partition coefficient (Wildman–Crippen LogP) is 1.13. The van der Waals surface area contributed by atoms with Crippen molar-refractivity contribution in [2.75, 3.05) is 26.2 Å². The van der Waals surface area contributed by atoms with E-state index in [4.69, 9.17) is 0 Å². The Morgan fingerprint density at radius 3 is 2.39 bits per heavy atom. The van der Waals surface area contributed by atoms with Crippen molar-refractivity contribution in [1.29, 1.82) is 0 Å². The normalized spacial score (nSPS) is 23.8. The Hall–Kier alpha value is -1.67. The fourth-order valence-corrected chi connectivity index (χ4v) is 3.68. The number of carbonyl (C=O) groups excluding carboxylic acids is 1. The van der Waals surface area contributed by atoms with Crippen molar-refractivity contribution in [3.05, 3.63) is 21.5 Å². The van der Waals surface area contributed by atoms with Crippen LogP contribution in [-0.2, 0) is 7.05 Å². The van der Waals surface area contributed by atoms with Crippen molar-refractivity contribution in [3.8, 4) is 0 Å². The first-order valence-corrected chi connectivity index (χ1v) is 7.67. The summed E-state index contributed by atoms with van der Waals surface area (Å²) in [6.45, 7) is 4.90. The van der Waals surface area contributed by atoms with E-state index < -0.39 is 4.92 Å². The lowest BCUT2D eigenvalue weighted by molar-refractivity contribution is -0.385. The molecule has 2 fully saturated rings. The Morgan fingerprint density at radius 1 is 1.30 bits per heavy atom. The minimum atomic E-state index is -0.508. The summed E-state index contributed by atoms with van der Waals surface area (Å²) < 4.78 is 1.34. The van der Waals surface area contributed by atoms with Crippen molar-refractivity contribution in [3.63, 3.8) is 0 Å². The fourth-order valence-electron chi connectivity index (χ4n) is 3.68. The highest BCUT2D eigenvalue weighted by Gasteiger charge is 2.36. The Labute approximate surface area is 140 Å². The van der Waals surface area contributed by atoms with Gasteiger partial charge in [-0.15, -0.1) is 12.4 Å². The summed E-state index contributed by atoms with van der Waals surface area (Å²) >= 11 is 0. The first kappa shape index (κ1) is 17.7. The van der Waals surface area contributed by atoms with Gasteiger partial charge in [-0.1, -0.05) is 0 Å². The van der Waals surface area contributed by atoms with Crippen molar-refractivity contribution in [2.24, 2.45) is 18.9 Å². The molecule has 1 aromatic rings. The third-order valence-electron chi connectivity index (χ3n) is 4.88. The van der Waals surface area contributed by atoms with E-state index in [0.717, 1.165) is 25.9 Å². The highest BCUT2D eigenvalue weighted by molar-refractivity contribution is 5.97. The monoisotopic (exact) mass is 343 g/mol. The SMILES string of the molecule is Cc1nn(C)c(C(=O)N2CC[C@@H]3CNC[C@@H]3CC2)c1[N+](=O)[O-].Cl. The second-order valence-corrected chi connectivity index (χ2v) is 6.21. The Bertz CT molecular complexity index is 604. The second-order valence-electron chi connectivity index (χ2n) is 6.21. The highest BCUT2D eigenvalue weighted by Crippen LogP contribution is 2.29. The number of carbonyl (C=O) groups is 1. The van der Waals surface area contributed by atoms with Crippen LogP contribution in [0.4, 0.5) is 5.69 Å². The molecule has 2 atom stereocenters. The molecule has 0 radical (unpaired) electrons. The molecule has 3 heterocycles. The number of halogens is 1. The van der Waals surface area contributed by atoms with Crippen LogP contribution in [0, 0.1) is 28.9 Å². The maximum Gasteiger partial charge on any atom is 0.322 e. The van der Waals surface area contributed by atoms with E-state index in [-0.39, 0.29) is 35.4 Å². The molecule has 8 nitrogen and oxygen atoms in total. The fraction of sp³-hybridized carbons (Fsp3) is 0.714. The summed E-state index contributed by atoms with van der Waals surface area (Å²) in [5.74, 6) is 0.949. The summed E-state index contributed by atoms with van der Waals surface area (Å²) in [5, 5.41) is 18.7. The van der Waals surface area contributed by atoms with Crippen LogP contribution in [0.5, 0.6) is 0 Å². The molecule has 0 aromatic carbocycles. The molecule has 3 rings (SSSR count). The zero-order valence-electron chi connectivity index (χ0n) is 13.3. The van der Waals surface area contributed by atoms with Crippen LogP contribution in [0.1, 0.15) is 29.0 Å². The van der Waals surface area contributed by atoms with Gasteiger partial charge in [-0.2, -0.15) is 5.10 Å². The average molecular weight is 344 g/mol. The largest absolute Gasteiger partial charge is 0.337 e. The van der Waals surface area contributed by atoms with Crippen LogP contribution >= 0.6 is 12.4 Å². The molecular formula is C14H22ClN5O3. The van der Waals surface area contributed by atoms with Crippen LogP contribution in [0.25, 0.3) is 0 Å². The van der Waals surface area contributed by atoms with Gasteiger partial charge in [0.1, 0.15) is 5.69 Å². The van der Waals surface area contributed by atoms with Crippen LogP contribution < -0.4 is 5.32 Å². The van der Waals surface area contributed by atoms with E-state index in [9.17, 15) is 14.9 Å². The average Bonchev–Trinajstić information content (AvgIpc) is 2.96. The number of aromatic nitrogens is 2. The minimum absolute atomic E-state index is 0. The van der Waals surface area contributed by atoms with Gasteiger partial charge in [0, 0.05) is 20.1 Å². The topological polar surface area (TPSA) is 93.3 Å². The third-order valence-corrected chi connectivity index (χ3v) is 4.88. The predicted molar refractivity (Wildman–Crippen MR) is 86.8 cm³/mol. The van der Waals surface area contributed by atoms with Gasteiger partial charge in [-0.3, -0.25) is 19.6 Å². The number of hydrogen-bond acceptors (Lipinski definition) is 5. The molecule has 2 aliphatic rings. The van der Waals surface area contributed by atoms with E-state index in [0.29, 0.717) is 24.9 Å². The first-order chi connectivity index (χ1) is 10.5. The Balaban J connectivity index is 0.00000192. The van der Waals surface area contributed by atoms with Crippen LogP contribution in [0.2, 0.25) is 0 Å². The minimum Gasteiger partial charge on any atom is -0.337 e. The number of nitrogens with zero attached hydrogens (tertiary/aromatic N) is 4. The van der Waals surface area contributed by atoms with Crippen LogP contribution in [0.3, 0.4) is 0 Å². The number of nitro groups is 1. The van der Waals surface area contributed by atoms with Gasteiger partial charge in [-0.25, -0.2) is 0 Å². The maximum atomic E-state index is 12.8. The summed E-state index contributed by atoms with van der Waals surface area (Å²) in [6.07, 6.45) is 1.90. The quantitative estimate of drug-likeness (QED) is 0.641. The number of fused-ring (bicyclic) bond motifs is 1. The van der Waals surface area contributed by atoms with E-state index in [2.05, 4.69) is 10.4 Å². The molecule has 0 spiro atoms. The van der Waals surface area contributed by atoms with Gasteiger partial charge in [0.05, 0.1) is 4.92 Å². The van der Waals surface area contributed by atoms with Gasteiger partial charge in [0.15, 0.2) is 0 Å². The van der Waals surface area contributed by atoms with Crippen molar-refractivity contribution < 1.29 is 9.72 Å². The molecule has 9 heteroatoms. The van der Waals surface area contributed by atoms with Gasteiger partial charge >= 0.3 is 5.69 Å². The lowest BCUT2D eigenvalue weighted by Crippen LogP contribution is -2.34. The van der Waals surface area contributed by atoms with Crippen molar-refractivity contribution in [2.45, 2.75) is 19.8 Å². The first-order valence-electron chi connectivity index (χ1n) is 7.67. The standard InChI is InChI=1S/C14H21N5O3.ClH/c1-9-12(19(21)22)13(17(2)16-9)14(20)18-5-3-10-7-15-8-11(10)4-6-18;/h10-11,15H,3-8H2,1-2H3;1H/t10-,11+;. The number of nitrogens with one attached hydrogen (secondary N) is 1. The van der Waals surface area contributed by atoms with Gasteiger partial charge < -0.3 is 10.2 Å². The lowest BCUT2D eigenvalue weighted by Gasteiger charge is -2.20. The van der Waals surface area contributed by atoms with Gasteiger partial charge in [-0.05, 0) is 44.7 Å². The van der Waals surface area contributed by atoms with Gasteiger partial charge in [0.2, 0.25) is 5.69 Å². The molecule has 1 amide bonds. The second kappa shape index (κ2) is 6.84. The molecular weight excluding hydrogens is 322 g/mol. The van der Waals surface area contributed by atoms with Crippen molar-refractivity contribution in [1.82, 2.24) is 20.0 Å².